The van der Waals surface area contributed by atoms with E-state index >= 15 is 0 Å². The number of aliphatic carboxylic acids is 1. The molecule has 0 aliphatic carbocycles. The Balaban J connectivity index is 2.38. The minimum Gasteiger partial charge on any atom is -0.481 e. The summed E-state index contributed by atoms with van der Waals surface area (Å²) in [5.74, 6) is -0.748. The number of carboxylic acids is 1. The molecule has 0 heterocycles. The molecule has 2 N–H and O–H groups in total. The molecule has 1 aromatic rings. The zero-order valence-electron chi connectivity index (χ0n) is 11.1. The van der Waals surface area contributed by atoms with Gasteiger partial charge in [-0.3, -0.25) is 4.79 Å². The molecule has 1 aromatic carbocycles. The zero-order chi connectivity index (χ0) is 13.8. The Labute approximate surface area is 117 Å². The van der Waals surface area contributed by atoms with Crippen LogP contribution in [0.1, 0.15) is 31.4 Å². The predicted molar refractivity (Wildman–Crippen MR) is 76.6 cm³/mol. The van der Waals surface area contributed by atoms with Gasteiger partial charge in [-0.1, -0.05) is 28.1 Å². The van der Waals surface area contributed by atoms with Crippen molar-refractivity contribution in [1.82, 2.24) is 5.32 Å². The van der Waals surface area contributed by atoms with Gasteiger partial charge < -0.3 is 10.4 Å². The fraction of sp³-hybridized carbons (Fsp3) is 0.500. The predicted octanol–water partition coefficient (Wildman–Crippen LogP) is 3.35. The average Bonchev–Trinajstić information content (AvgIpc) is 2.29. The molecular formula is C14H20BrNO2. The number of aryl methyl sites for hydroxylation is 1. The van der Waals surface area contributed by atoms with E-state index in [9.17, 15) is 4.79 Å². The topological polar surface area (TPSA) is 49.3 Å². The van der Waals surface area contributed by atoms with Gasteiger partial charge in [-0.05, 0) is 50.9 Å². The molecule has 0 aliphatic rings. The molecule has 3 nitrogen and oxygen atoms in total. The Morgan fingerprint density at radius 2 is 2.11 bits per heavy atom. The SMILES string of the molecule is Cc1ccc(CNCCC(C)(C)C(=O)O)cc1Br. The fourth-order valence-electron chi connectivity index (χ4n) is 1.49. The molecule has 0 fully saturated rings. The Hall–Kier alpha value is -0.870. The first kappa shape index (κ1) is 15.2. The Bertz CT molecular complexity index is 430. The molecule has 0 atom stereocenters. The summed E-state index contributed by atoms with van der Waals surface area (Å²) in [6.45, 7) is 7.01. The van der Waals surface area contributed by atoms with E-state index in [1.807, 2.05) is 0 Å². The zero-order valence-corrected chi connectivity index (χ0v) is 12.7. The third-order valence-corrected chi connectivity index (χ3v) is 3.93. The summed E-state index contributed by atoms with van der Waals surface area (Å²) in [7, 11) is 0. The first-order valence-electron chi connectivity index (χ1n) is 6.02. The molecule has 0 spiro atoms. The summed E-state index contributed by atoms with van der Waals surface area (Å²) in [4.78, 5) is 10.9. The first-order valence-corrected chi connectivity index (χ1v) is 6.81. The van der Waals surface area contributed by atoms with Gasteiger partial charge in [0.15, 0.2) is 0 Å². The van der Waals surface area contributed by atoms with Crippen LogP contribution < -0.4 is 5.32 Å². The van der Waals surface area contributed by atoms with Crippen LogP contribution in [0, 0.1) is 12.3 Å². The minimum absolute atomic E-state index is 0.620. The van der Waals surface area contributed by atoms with Crippen LogP contribution in [0.5, 0.6) is 0 Å². The largest absolute Gasteiger partial charge is 0.481 e. The monoisotopic (exact) mass is 313 g/mol. The van der Waals surface area contributed by atoms with Crippen molar-refractivity contribution in [2.75, 3.05) is 6.54 Å². The summed E-state index contributed by atoms with van der Waals surface area (Å²) < 4.78 is 1.10. The molecule has 0 saturated heterocycles. The molecule has 100 valence electrons. The highest BCUT2D eigenvalue weighted by atomic mass is 79.9. The maximum Gasteiger partial charge on any atom is 0.309 e. The van der Waals surface area contributed by atoms with E-state index < -0.39 is 11.4 Å². The number of nitrogens with one attached hydrogen (secondary N) is 1. The molecule has 0 bridgehead atoms. The van der Waals surface area contributed by atoms with Crippen molar-refractivity contribution >= 4 is 21.9 Å². The lowest BCUT2D eigenvalue weighted by molar-refractivity contribution is -0.147. The first-order chi connectivity index (χ1) is 8.33. The van der Waals surface area contributed by atoms with E-state index in [1.54, 1.807) is 13.8 Å². The van der Waals surface area contributed by atoms with Crippen LogP contribution >= 0.6 is 15.9 Å². The smallest absolute Gasteiger partial charge is 0.309 e. The quantitative estimate of drug-likeness (QED) is 0.792. The summed E-state index contributed by atoms with van der Waals surface area (Å²) >= 11 is 3.50. The lowest BCUT2D eigenvalue weighted by atomic mass is 9.90. The average molecular weight is 314 g/mol. The molecule has 18 heavy (non-hydrogen) atoms. The van der Waals surface area contributed by atoms with Crippen LogP contribution in [0.4, 0.5) is 0 Å². The van der Waals surface area contributed by atoms with E-state index in [0.29, 0.717) is 13.0 Å². The van der Waals surface area contributed by atoms with Crippen molar-refractivity contribution in [3.05, 3.63) is 33.8 Å². The van der Waals surface area contributed by atoms with Crippen molar-refractivity contribution in [3.63, 3.8) is 0 Å². The van der Waals surface area contributed by atoms with Crippen LogP contribution in [0.15, 0.2) is 22.7 Å². The number of rotatable bonds is 6. The number of carboxylic acid groups (broad SMARTS) is 1. The number of benzene rings is 1. The molecule has 1 rings (SSSR count). The van der Waals surface area contributed by atoms with Gasteiger partial charge in [0, 0.05) is 11.0 Å². The molecule has 4 heteroatoms. The van der Waals surface area contributed by atoms with E-state index in [4.69, 9.17) is 5.11 Å². The Morgan fingerprint density at radius 3 is 2.67 bits per heavy atom. The molecule has 0 aliphatic heterocycles. The van der Waals surface area contributed by atoms with Gasteiger partial charge in [0.25, 0.3) is 0 Å². The van der Waals surface area contributed by atoms with Crippen LogP contribution in [0.25, 0.3) is 0 Å². The molecule has 0 aromatic heterocycles. The van der Waals surface area contributed by atoms with Gasteiger partial charge in [-0.2, -0.15) is 0 Å². The minimum atomic E-state index is -0.748. The van der Waals surface area contributed by atoms with Gasteiger partial charge in [0.1, 0.15) is 0 Å². The fourth-order valence-corrected chi connectivity index (χ4v) is 1.91. The van der Waals surface area contributed by atoms with Crippen LogP contribution in [0.2, 0.25) is 0 Å². The van der Waals surface area contributed by atoms with Crippen LogP contribution in [0.3, 0.4) is 0 Å². The van der Waals surface area contributed by atoms with E-state index in [0.717, 1.165) is 11.0 Å². The molecule has 0 saturated carbocycles. The maximum atomic E-state index is 10.9. The van der Waals surface area contributed by atoms with Crippen LogP contribution in [-0.2, 0) is 11.3 Å². The van der Waals surface area contributed by atoms with Crippen molar-refractivity contribution in [2.45, 2.75) is 33.7 Å². The number of halogens is 1. The highest BCUT2D eigenvalue weighted by Gasteiger charge is 2.25. The number of hydrogen-bond donors (Lipinski definition) is 2. The van der Waals surface area contributed by atoms with Crippen molar-refractivity contribution in [1.29, 1.82) is 0 Å². The normalized spacial score (nSPS) is 11.6. The second kappa shape index (κ2) is 6.34. The van der Waals surface area contributed by atoms with Gasteiger partial charge in [0.2, 0.25) is 0 Å². The van der Waals surface area contributed by atoms with Gasteiger partial charge in [-0.25, -0.2) is 0 Å². The third kappa shape index (κ3) is 4.42. The van der Waals surface area contributed by atoms with E-state index in [1.165, 1.54) is 11.1 Å². The summed E-state index contributed by atoms with van der Waals surface area (Å²) in [6, 6.07) is 6.24. The van der Waals surface area contributed by atoms with E-state index in [-0.39, 0.29) is 0 Å². The van der Waals surface area contributed by atoms with Gasteiger partial charge in [-0.15, -0.1) is 0 Å². The molecule has 0 unspecified atom stereocenters. The Morgan fingerprint density at radius 1 is 1.44 bits per heavy atom. The molecule has 0 radical (unpaired) electrons. The lowest BCUT2D eigenvalue weighted by Gasteiger charge is -2.19. The highest BCUT2D eigenvalue weighted by molar-refractivity contribution is 9.10. The summed E-state index contributed by atoms with van der Waals surface area (Å²) in [5, 5.41) is 12.3. The Kier molecular flexibility index (Phi) is 5.35. The lowest BCUT2D eigenvalue weighted by Crippen LogP contribution is -2.28. The summed E-state index contributed by atoms with van der Waals surface area (Å²) in [6.07, 6.45) is 0.620. The van der Waals surface area contributed by atoms with Crippen molar-refractivity contribution < 1.29 is 9.90 Å². The molecule has 0 amide bonds. The van der Waals surface area contributed by atoms with Crippen LogP contribution in [-0.4, -0.2) is 17.6 Å². The maximum absolute atomic E-state index is 10.9. The van der Waals surface area contributed by atoms with Gasteiger partial charge in [0.05, 0.1) is 5.41 Å². The number of hydrogen-bond acceptors (Lipinski definition) is 2. The van der Waals surface area contributed by atoms with Crippen molar-refractivity contribution in [3.8, 4) is 0 Å². The second-order valence-corrected chi connectivity index (χ2v) is 6.05. The van der Waals surface area contributed by atoms with Gasteiger partial charge >= 0.3 is 5.97 Å². The number of carbonyl (C=O) groups is 1. The highest BCUT2D eigenvalue weighted by Crippen LogP contribution is 2.20. The van der Waals surface area contributed by atoms with Crippen molar-refractivity contribution in [2.24, 2.45) is 5.41 Å². The summed E-state index contributed by atoms with van der Waals surface area (Å²) in [5.41, 5.74) is 1.74. The molecular weight excluding hydrogens is 294 g/mol. The standard InChI is InChI=1S/C14H20BrNO2/c1-10-4-5-11(8-12(10)15)9-16-7-6-14(2,3)13(17)18/h4-5,8,16H,6-7,9H2,1-3H3,(H,17,18). The third-order valence-electron chi connectivity index (χ3n) is 3.07. The van der Waals surface area contributed by atoms with E-state index in [2.05, 4.69) is 46.4 Å². The second-order valence-electron chi connectivity index (χ2n) is 5.20.